The quantitative estimate of drug-likeness (QED) is 0.136. The van der Waals surface area contributed by atoms with Crippen molar-refractivity contribution >= 4 is 21.5 Å². The Labute approximate surface area is 398 Å². The summed E-state index contributed by atoms with van der Waals surface area (Å²) < 4.78 is 0. The van der Waals surface area contributed by atoms with Crippen molar-refractivity contribution in [3.05, 3.63) is 279 Å². The van der Waals surface area contributed by atoms with E-state index in [9.17, 15) is 0 Å². The molecule has 0 N–H and O–H groups in total. The van der Waals surface area contributed by atoms with Crippen LogP contribution in [0.3, 0.4) is 0 Å². The van der Waals surface area contributed by atoms with Crippen LogP contribution in [0.25, 0.3) is 122 Å². The summed E-state index contributed by atoms with van der Waals surface area (Å²) in [6.45, 7) is 0. The largest absolute Gasteiger partial charge is 0.0622 e. The third kappa shape index (κ3) is 7.89. The molecule has 12 aromatic carbocycles. The molecule has 0 saturated carbocycles. The second-order valence-corrected chi connectivity index (χ2v) is 17.6. The molecule has 0 nitrogen and oxygen atoms in total. The minimum Gasteiger partial charge on any atom is -0.0622 e. The average Bonchev–Trinajstić information content (AvgIpc) is 3.43. The molecule has 0 aliphatic rings. The zero-order chi connectivity index (χ0) is 45.2. The van der Waals surface area contributed by atoms with Gasteiger partial charge in [-0.1, -0.05) is 231 Å². The highest BCUT2D eigenvalue weighted by Gasteiger charge is 2.16. The second kappa shape index (κ2) is 17.9. The van der Waals surface area contributed by atoms with E-state index in [2.05, 4.69) is 279 Å². The Kier molecular flexibility index (Phi) is 10.7. The summed E-state index contributed by atoms with van der Waals surface area (Å²) in [7, 11) is 0. The summed E-state index contributed by atoms with van der Waals surface area (Å²) in [5.74, 6) is 0. The molecular formula is C68H46. The molecule has 68 heavy (non-hydrogen) atoms. The zero-order valence-corrected chi connectivity index (χ0v) is 37.6. The summed E-state index contributed by atoms with van der Waals surface area (Å²) in [6.07, 6.45) is 0. The molecule has 318 valence electrons. The van der Waals surface area contributed by atoms with Gasteiger partial charge in [-0.25, -0.2) is 0 Å². The van der Waals surface area contributed by atoms with Crippen LogP contribution in [0.15, 0.2) is 279 Å². The lowest BCUT2D eigenvalue weighted by molar-refractivity contribution is 1.56. The fourth-order valence-corrected chi connectivity index (χ4v) is 10.1. The molecule has 0 saturated heterocycles. The van der Waals surface area contributed by atoms with Gasteiger partial charge in [0.05, 0.1) is 0 Å². The lowest BCUT2D eigenvalue weighted by Gasteiger charge is -2.17. The van der Waals surface area contributed by atoms with Crippen LogP contribution < -0.4 is 0 Å². The predicted octanol–water partition coefficient (Wildman–Crippen LogP) is 19.0. The lowest BCUT2D eigenvalue weighted by atomic mass is 9.87. The first-order valence-corrected chi connectivity index (χ1v) is 23.5. The molecule has 0 bridgehead atoms. The van der Waals surface area contributed by atoms with Gasteiger partial charge in [0.25, 0.3) is 0 Å². The summed E-state index contributed by atoms with van der Waals surface area (Å²) in [5, 5.41) is 4.94. The first-order valence-electron chi connectivity index (χ1n) is 23.5. The Morgan fingerprint density at radius 1 is 0.118 bits per heavy atom. The molecule has 0 aromatic heterocycles. The molecule has 0 amide bonds. The number of rotatable bonds is 9. The van der Waals surface area contributed by atoms with Gasteiger partial charge in [0, 0.05) is 0 Å². The molecule has 0 heteroatoms. The Balaban J connectivity index is 0.931. The van der Waals surface area contributed by atoms with Crippen LogP contribution in [0.2, 0.25) is 0 Å². The van der Waals surface area contributed by atoms with E-state index in [4.69, 9.17) is 0 Å². The van der Waals surface area contributed by atoms with Crippen LogP contribution in [0.1, 0.15) is 0 Å². The van der Waals surface area contributed by atoms with Crippen LogP contribution in [0.4, 0.5) is 0 Å². The Bertz CT molecular complexity index is 3390. The number of benzene rings is 12. The molecule has 0 atom stereocenters. The summed E-state index contributed by atoms with van der Waals surface area (Å²) in [6, 6.07) is 102. The molecule has 0 radical (unpaired) electrons. The number of fused-ring (bicyclic) bond motifs is 2. The highest BCUT2D eigenvalue weighted by atomic mass is 14.2. The van der Waals surface area contributed by atoms with Crippen molar-refractivity contribution in [2.45, 2.75) is 0 Å². The van der Waals surface area contributed by atoms with Gasteiger partial charge in [-0.2, -0.15) is 0 Å². The lowest BCUT2D eigenvalue weighted by Crippen LogP contribution is -1.90. The van der Waals surface area contributed by atoms with Crippen molar-refractivity contribution in [3.8, 4) is 100 Å². The van der Waals surface area contributed by atoms with Crippen molar-refractivity contribution in [1.82, 2.24) is 0 Å². The van der Waals surface area contributed by atoms with Gasteiger partial charge in [-0.15, -0.1) is 0 Å². The van der Waals surface area contributed by atoms with Crippen LogP contribution in [-0.4, -0.2) is 0 Å². The maximum absolute atomic E-state index is 2.36. The molecule has 0 unspecified atom stereocenters. The van der Waals surface area contributed by atoms with Gasteiger partial charge in [0.2, 0.25) is 0 Å². The second-order valence-electron chi connectivity index (χ2n) is 17.6. The highest BCUT2D eigenvalue weighted by molar-refractivity contribution is 6.12. The van der Waals surface area contributed by atoms with Crippen LogP contribution in [0.5, 0.6) is 0 Å². The van der Waals surface area contributed by atoms with E-state index in [1.165, 1.54) is 122 Å². The van der Waals surface area contributed by atoms with E-state index in [0.29, 0.717) is 0 Å². The van der Waals surface area contributed by atoms with E-state index in [0.717, 1.165) is 0 Å². The number of hydrogen-bond donors (Lipinski definition) is 0. The van der Waals surface area contributed by atoms with Crippen molar-refractivity contribution in [3.63, 3.8) is 0 Å². The summed E-state index contributed by atoms with van der Waals surface area (Å²) in [5.41, 5.74) is 21.7. The van der Waals surface area contributed by atoms with Gasteiger partial charge in [0.1, 0.15) is 0 Å². The minimum atomic E-state index is 1.19. The van der Waals surface area contributed by atoms with Gasteiger partial charge < -0.3 is 0 Å². The molecule has 0 fully saturated rings. The molecular weight excluding hydrogens is 817 g/mol. The molecule has 0 aliphatic carbocycles. The van der Waals surface area contributed by atoms with Crippen molar-refractivity contribution < 1.29 is 0 Å². The maximum atomic E-state index is 2.36. The third-order valence-corrected chi connectivity index (χ3v) is 13.4. The highest BCUT2D eigenvalue weighted by Crippen LogP contribution is 2.43. The van der Waals surface area contributed by atoms with E-state index in [-0.39, 0.29) is 0 Å². The maximum Gasteiger partial charge on any atom is -0.00987 e. The first kappa shape index (κ1) is 40.7. The molecule has 0 heterocycles. The number of hydrogen-bond acceptors (Lipinski definition) is 0. The Hall–Kier alpha value is -8.84. The van der Waals surface area contributed by atoms with Crippen LogP contribution in [-0.2, 0) is 0 Å². The van der Waals surface area contributed by atoms with Gasteiger partial charge in [-0.05, 0) is 170 Å². The predicted molar refractivity (Wildman–Crippen MR) is 290 cm³/mol. The van der Waals surface area contributed by atoms with Crippen molar-refractivity contribution in [1.29, 1.82) is 0 Å². The first-order chi connectivity index (χ1) is 33.7. The standard InChI is InChI=1S/C68H46/c1-5-19-47(20-6-1)55-41-56(48-21-7-2-8-22-48)44-59(43-55)51-27-17-29-53(39-51)61-35-37-67(65-33-15-13-31-63(61)65)68-38-36-62(64-32-14-16-34-66(64)68)54-30-18-28-52(40-54)60-45-57(49-23-9-3-10-24-49)42-58(46-60)50-25-11-4-12-26-50/h1-46H. The van der Waals surface area contributed by atoms with E-state index in [1.54, 1.807) is 0 Å². The van der Waals surface area contributed by atoms with Crippen LogP contribution >= 0.6 is 0 Å². The molecule has 0 spiro atoms. The molecule has 12 rings (SSSR count). The smallest absolute Gasteiger partial charge is 0.00987 e. The average molecular weight is 863 g/mol. The van der Waals surface area contributed by atoms with E-state index < -0.39 is 0 Å². The normalized spacial score (nSPS) is 11.2. The van der Waals surface area contributed by atoms with E-state index >= 15 is 0 Å². The Morgan fingerprint density at radius 3 is 0.632 bits per heavy atom. The van der Waals surface area contributed by atoms with Gasteiger partial charge in [0.15, 0.2) is 0 Å². The van der Waals surface area contributed by atoms with Crippen molar-refractivity contribution in [2.75, 3.05) is 0 Å². The fourth-order valence-electron chi connectivity index (χ4n) is 10.1. The summed E-state index contributed by atoms with van der Waals surface area (Å²) in [4.78, 5) is 0. The topological polar surface area (TPSA) is 0 Å². The van der Waals surface area contributed by atoms with E-state index in [1.807, 2.05) is 0 Å². The SMILES string of the molecule is c1ccc(-c2cc(-c3ccccc3)cc(-c3cccc(-c4ccc(-c5ccc(-c6cccc(-c7cc(-c8ccccc8)cc(-c8ccccc8)c7)c6)c6ccccc56)c5ccccc45)c3)c2)cc1. The Morgan fingerprint density at radius 2 is 0.324 bits per heavy atom. The molecule has 0 aliphatic heterocycles. The fraction of sp³-hybridized carbons (Fsp3) is 0. The zero-order valence-electron chi connectivity index (χ0n) is 37.6. The third-order valence-electron chi connectivity index (χ3n) is 13.4. The molecule has 12 aromatic rings. The minimum absolute atomic E-state index is 1.19. The van der Waals surface area contributed by atoms with Gasteiger partial charge in [-0.3, -0.25) is 0 Å². The monoisotopic (exact) mass is 862 g/mol. The van der Waals surface area contributed by atoms with Gasteiger partial charge >= 0.3 is 0 Å². The van der Waals surface area contributed by atoms with Crippen molar-refractivity contribution in [2.24, 2.45) is 0 Å². The summed E-state index contributed by atoms with van der Waals surface area (Å²) >= 11 is 0. The van der Waals surface area contributed by atoms with Crippen LogP contribution in [0, 0.1) is 0 Å².